The summed E-state index contributed by atoms with van der Waals surface area (Å²) in [7, 11) is 0. The van der Waals surface area contributed by atoms with Gasteiger partial charge in [-0.15, -0.1) is 5.10 Å². The summed E-state index contributed by atoms with van der Waals surface area (Å²) in [6, 6.07) is 13.4. The molecule has 1 aromatic heterocycles. The van der Waals surface area contributed by atoms with Crippen molar-refractivity contribution in [3.05, 3.63) is 69.8 Å². The second kappa shape index (κ2) is 8.14. The van der Waals surface area contributed by atoms with Crippen molar-refractivity contribution >= 4 is 40.7 Å². The highest BCUT2D eigenvalue weighted by Gasteiger charge is 2.04. The van der Waals surface area contributed by atoms with E-state index in [1.54, 1.807) is 6.20 Å². The predicted octanol–water partition coefficient (Wildman–Crippen LogP) is 4.89. The third-order valence-electron chi connectivity index (χ3n) is 3.62. The molecule has 0 saturated heterocycles. The van der Waals surface area contributed by atoms with Gasteiger partial charge in [0.05, 0.1) is 6.20 Å². The van der Waals surface area contributed by atoms with Crippen LogP contribution in [0.5, 0.6) is 0 Å². The van der Waals surface area contributed by atoms with E-state index in [1.807, 2.05) is 49.4 Å². The van der Waals surface area contributed by atoms with Gasteiger partial charge in [0, 0.05) is 22.3 Å². The number of benzene rings is 2. The molecule has 0 spiro atoms. The first-order chi connectivity index (χ1) is 12.1. The van der Waals surface area contributed by atoms with Crippen molar-refractivity contribution in [2.45, 2.75) is 13.3 Å². The summed E-state index contributed by atoms with van der Waals surface area (Å²) in [6.45, 7) is 2.68. The van der Waals surface area contributed by atoms with E-state index in [9.17, 15) is 0 Å². The van der Waals surface area contributed by atoms with E-state index in [0.29, 0.717) is 23.3 Å². The van der Waals surface area contributed by atoms with Gasteiger partial charge >= 0.3 is 0 Å². The number of hydrogen-bond donors (Lipinski definition) is 2. The highest BCUT2D eigenvalue weighted by Crippen LogP contribution is 2.22. The maximum absolute atomic E-state index is 5.98. The molecule has 0 amide bonds. The van der Waals surface area contributed by atoms with E-state index >= 15 is 0 Å². The van der Waals surface area contributed by atoms with E-state index in [1.165, 1.54) is 5.56 Å². The van der Waals surface area contributed by atoms with E-state index in [0.717, 1.165) is 22.7 Å². The van der Waals surface area contributed by atoms with Gasteiger partial charge in [-0.05, 0) is 54.8 Å². The molecule has 3 aromatic rings. The summed E-state index contributed by atoms with van der Waals surface area (Å²) in [5.74, 6) is 1.10. The fraction of sp³-hybridized carbons (Fsp3) is 0.167. The summed E-state index contributed by atoms with van der Waals surface area (Å²) in [5.41, 5.74) is 3.15. The Hall–Kier alpha value is -2.37. The highest BCUT2D eigenvalue weighted by molar-refractivity contribution is 6.30. The van der Waals surface area contributed by atoms with Crippen LogP contribution in [-0.4, -0.2) is 21.7 Å². The van der Waals surface area contributed by atoms with Gasteiger partial charge in [-0.2, -0.15) is 10.1 Å². The SMILES string of the molecule is Cc1cc(Cl)ccc1Nc1cnnc(NCCc2ccc(Cl)cc2)n1. The third kappa shape index (κ3) is 5.05. The molecule has 128 valence electrons. The molecule has 0 unspecified atom stereocenters. The number of rotatable bonds is 6. The molecule has 25 heavy (non-hydrogen) atoms. The number of nitrogens with zero attached hydrogens (tertiary/aromatic N) is 3. The maximum Gasteiger partial charge on any atom is 0.244 e. The van der Waals surface area contributed by atoms with E-state index in [4.69, 9.17) is 23.2 Å². The van der Waals surface area contributed by atoms with Gasteiger partial charge < -0.3 is 10.6 Å². The van der Waals surface area contributed by atoms with Crippen LogP contribution in [0.4, 0.5) is 17.5 Å². The summed E-state index contributed by atoms with van der Waals surface area (Å²) in [4.78, 5) is 4.43. The second-order valence-corrected chi connectivity index (χ2v) is 6.43. The van der Waals surface area contributed by atoms with Crippen LogP contribution >= 0.6 is 23.2 Å². The fourth-order valence-electron chi connectivity index (χ4n) is 2.31. The van der Waals surface area contributed by atoms with Crippen LogP contribution in [0.15, 0.2) is 48.7 Å². The highest BCUT2D eigenvalue weighted by atomic mass is 35.5. The Bertz CT molecular complexity index is 852. The van der Waals surface area contributed by atoms with Crippen molar-refractivity contribution in [3.8, 4) is 0 Å². The number of aromatic nitrogens is 3. The van der Waals surface area contributed by atoms with Gasteiger partial charge in [0.2, 0.25) is 5.95 Å². The number of hydrogen-bond acceptors (Lipinski definition) is 5. The fourth-order valence-corrected chi connectivity index (χ4v) is 2.67. The minimum atomic E-state index is 0.477. The van der Waals surface area contributed by atoms with Crippen LogP contribution in [0, 0.1) is 6.92 Å². The third-order valence-corrected chi connectivity index (χ3v) is 4.11. The zero-order valence-electron chi connectivity index (χ0n) is 13.6. The molecule has 0 atom stereocenters. The summed E-state index contributed by atoms with van der Waals surface area (Å²) in [5, 5.41) is 15.8. The van der Waals surface area contributed by atoms with Crippen LogP contribution in [0.25, 0.3) is 0 Å². The van der Waals surface area contributed by atoms with Gasteiger partial charge in [0.1, 0.15) is 0 Å². The zero-order valence-corrected chi connectivity index (χ0v) is 15.1. The topological polar surface area (TPSA) is 62.7 Å². The molecule has 0 aliphatic heterocycles. The lowest BCUT2D eigenvalue weighted by Gasteiger charge is -2.10. The average Bonchev–Trinajstić information content (AvgIpc) is 2.60. The van der Waals surface area contributed by atoms with Gasteiger partial charge in [-0.1, -0.05) is 35.3 Å². The molecule has 0 aliphatic rings. The predicted molar refractivity (Wildman–Crippen MR) is 103 cm³/mol. The van der Waals surface area contributed by atoms with Crippen molar-refractivity contribution in [1.29, 1.82) is 0 Å². The van der Waals surface area contributed by atoms with Crippen molar-refractivity contribution in [1.82, 2.24) is 15.2 Å². The molecule has 0 fully saturated rings. The molecule has 0 radical (unpaired) electrons. The van der Waals surface area contributed by atoms with E-state index in [-0.39, 0.29) is 0 Å². The molecule has 2 N–H and O–H groups in total. The molecular weight excluding hydrogens is 357 g/mol. The van der Waals surface area contributed by atoms with Crippen molar-refractivity contribution in [3.63, 3.8) is 0 Å². The summed E-state index contributed by atoms with van der Waals surface area (Å²) < 4.78 is 0. The molecule has 0 aliphatic carbocycles. The molecule has 5 nitrogen and oxygen atoms in total. The van der Waals surface area contributed by atoms with Crippen LogP contribution in [0.2, 0.25) is 10.0 Å². The van der Waals surface area contributed by atoms with E-state index in [2.05, 4.69) is 25.8 Å². The molecule has 0 saturated carbocycles. The first-order valence-electron chi connectivity index (χ1n) is 7.81. The first kappa shape index (κ1) is 17.5. The Kier molecular flexibility index (Phi) is 5.68. The van der Waals surface area contributed by atoms with Crippen LogP contribution in [0.3, 0.4) is 0 Å². The van der Waals surface area contributed by atoms with E-state index < -0.39 is 0 Å². The Labute approximate surface area is 156 Å². The largest absolute Gasteiger partial charge is 0.353 e. The van der Waals surface area contributed by atoms with Gasteiger partial charge in [0.15, 0.2) is 5.82 Å². The first-order valence-corrected chi connectivity index (χ1v) is 8.57. The molecule has 2 aromatic carbocycles. The smallest absolute Gasteiger partial charge is 0.244 e. The lowest BCUT2D eigenvalue weighted by molar-refractivity contribution is 0.929. The van der Waals surface area contributed by atoms with Crippen LogP contribution < -0.4 is 10.6 Å². The Morgan fingerprint density at radius 1 is 1.00 bits per heavy atom. The van der Waals surface area contributed by atoms with Gasteiger partial charge in [0.25, 0.3) is 0 Å². The second-order valence-electron chi connectivity index (χ2n) is 5.55. The van der Waals surface area contributed by atoms with Gasteiger partial charge in [-0.3, -0.25) is 0 Å². The molecule has 0 bridgehead atoms. The Morgan fingerprint density at radius 3 is 2.52 bits per heavy atom. The average molecular weight is 374 g/mol. The monoisotopic (exact) mass is 373 g/mol. The van der Waals surface area contributed by atoms with Crippen LogP contribution in [-0.2, 0) is 6.42 Å². The quantitative estimate of drug-likeness (QED) is 0.644. The zero-order chi connectivity index (χ0) is 17.6. The Balaban J connectivity index is 1.60. The minimum Gasteiger partial charge on any atom is -0.353 e. The molecule has 3 rings (SSSR count). The normalized spacial score (nSPS) is 10.5. The lowest BCUT2D eigenvalue weighted by atomic mass is 10.1. The molecule has 7 heteroatoms. The number of nitrogens with one attached hydrogen (secondary N) is 2. The minimum absolute atomic E-state index is 0.477. The molecular formula is C18H17Cl2N5. The number of aryl methyl sites for hydroxylation is 1. The number of anilines is 3. The summed E-state index contributed by atoms with van der Waals surface area (Å²) >= 11 is 11.9. The lowest BCUT2D eigenvalue weighted by Crippen LogP contribution is -2.09. The maximum atomic E-state index is 5.98. The Morgan fingerprint density at radius 2 is 1.76 bits per heavy atom. The van der Waals surface area contributed by atoms with Crippen molar-refractivity contribution in [2.75, 3.05) is 17.2 Å². The van der Waals surface area contributed by atoms with Crippen LogP contribution in [0.1, 0.15) is 11.1 Å². The van der Waals surface area contributed by atoms with Crippen molar-refractivity contribution in [2.24, 2.45) is 0 Å². The number of halogens is 2. The molecule has 1 heterocycles. The van der Waals surface area contributed by atoms with Gasteiger partial charge in [-0.25, -0.2) is 0 Å². The van der Waals surface area contributed by atoms with Crippen molar-refractivity contribution < 1.29 is 0 Å². The standard InChI is InChI=1S/C18H17Cl2N5/c1-12-10-15(20)6-7-16(12)23-17-11-22-25-18(24-17)21-9-8-13-2-4-14(19)5-3-13/h2-7,10-11H,8-9H2,1H3,(H2,21,23,24,25). The summed E-state index contributed by atoms with van der Waals surface area (Å²) in [6.07, 6.45) is 2.42.